The van der Waals surface area contributed by atoms with Gasteiger partial charge in [-0.3, -0.25) is 4.79 Å². The summed E-state index contributed by atoms with van der Waals surface area (Å²) in [5, 5.41) is 2.98. The topological polar surface area (TPSA) is 51.4 Å². The summed E-state index contributed by atoms with van der Waals surface area (Å²) in [6, 6.07) is 10.0. The van der Waals surface area contributed by atoms with Crippen LogP contribution in [0.25, 0.3) is 0 Å². The van der Waals surface area contributed by atoms with Crippen LogP contribution >= 0.6 is 0 Å². The number of nitrogens with one attached hydrogen (secondary N) is 1. The summed E-state index contributed by atoms with van der Waals surface area (Å²) in [7, 11) is 0. The molecule has 27 heavy (non-hydrogen) atoms. The van der Waals surface area contributed by atoms with Crippen LogP contribution in [0, 0.1) is 6.92 Å². The molecule has 2 rings (SSSR count). The van der Waals surface area contributed by atoms with Crippen molar-refractivity contribution in [2.45, 2.75) is 40.2 Å². The highest BCUT2D eigenvalue weighted by atomic mass is 79.9. The molecule has 1 amide bonds. The van der Waals surface area contributed by atoms with Gasteiger partial charge in [0.25, 0.3) is 0 Å². The van der Waals surface area contributed by atoms with E-state index in [1.54, 1.807) is 0 Å². The Bertz CT molecular complexity index is 705. The molecule has 0 saturated carbocycles. The number of pyridine rings is 1. The average Bonchev–Trinajstić information content (AvgIpc) is 2.64. The molecule has 1 N–H and O–H groups in total. The van der Waals surface area contributed by atoms with E-state index in [0.717, 1.165) is 23.5 Å². The molecule has 0 atom stereocenters. The van der Waals surface area contributed by atoms with Gasteiger partial charge in [0.1, 0.15) is 0 Å². The first-order chi connectivity index (χ1) is 12.6. The standard InChI is InChI=1S/C21H28N2O3.BrH/c1-4-25-19-7-6-18(16-20(19)26-5-2)8-12-22-21(24)11-15-23-13-9-17(3)10-14-23;/h6-7,9-10,13-14,16H,4-5,8,11-12,15H2,1-3H3;1H. The fourth-order valence-electron chi connectivity index (χ4n) is 2.60. The number of amides is 1. The molecule has 0 bridgehead atoms. The third-order valence-corrected chi connectivity index (χ3v) is 4.00. The van der Waals surface area contributed by atoms with Gasteiger partial charge < -0.3 is 31.8 Å². The Balaban J connectivity index is 0.00000364. The second kappa shape index (κ2) is 12.3. The number of carbonyl (C=O) groups is 1. The van der Waals surface area contributed by atoms with Gasteiger partial charge in [0, 0.05) is 18.7 Å². The van der Waals surface area contributed by atoms with Gasteiger partial charge in [0.2, 0.25) is 5.91 Å². The van der Waals surface area contributed by atoms with E-state index >= 15 is 0 Å². The Morgan fingerprint density at radius 3 is 2.37 bits per heavy atom. The van der Waals surface area contributed by atoms with Gasteiger partial charge in [-0.25, -0.2) is 4.57 Å². The molecular formula is C21H29BrN2O3. The smallest absolute Gasteiger partial charge is 0.226 e. The highest BCUT2D eigenvalue weighted by molar-refractivity contribution is 5.75. The lowest BCUT2D eigenvalue weighted by atomic mass is 10.1. The van der Waals surface area contributed by atoms with Crippen molar-refractivity contribution >= 4 is 5.91 Å². The van der Waals surface area contributed by atoms with Crippen molar-refractivity contribution in [2.75, 3.05) is 19.8 Å². The van der Waals surface area contributed by atoms with E-state index in [4.69, 9.17) is 9.47 Å². The summed E-state index contributed by atoms with van der Waals surface area (Å²) >= 11 is 0. The molecular weight excluding hydrogens is 408 g/mol. The summed E-state index contributed by atoms with van der Waals surface area (Å²) in [6.07, 6.45) is 5.23. The predicted molar refractivity (Wildman–Crippen MR) is 101 cm³/mol. The SMILES string of the molecule is CCOc1ccc(CCNC(=O)CC[n+]2ccc(C)cc2)cc1OCC.[Br-]. The van der Waals surface area contributed by atoms with Gasteiger partial charge in [0.15, 0.2) is 30.4 Å². The summed E-state index contributed by atoms with van der Waals surface area (Å²) < 4.78 is 13.2. The number of aromatic nitrogens is 1. The van der Waals surface area contributed by atoms with Crippen molar-refractivity contribution in [1.82, 2.24) is 5.32 Å². The van der Waals surface area contributed by atoms with Crippen LogP contribution in [-0.4, -0.2) is 25.7 Å². The molecule has 148 valence electrons. The number of halogens is 1. The van der Waals surface area contributed by atoms with E-state index in [1.165, 1.54) is 5.56 Å². The van der Waals surface area contributed by atoms with E-state index < -0.39 is 0 Å². The molecule has 1 aromatic heterocycles. The number of carbonyl (C=O) groups excluding carboxylic acids is 1. The molecule has 0 spiro atoms. The van der Waals surface area contributed by atoms with Crippen molar-refractivity contribution in [3.63, 3.8) is 0 Å². The average molecular weight is 437 g/mol. The van der Waals surface area contributed by atoms with Crippen molar-refractivity contribution in [2.24, 2.45) is 0 Å². The minimum absolute atomic E-state index is 0. The summed E-state index contributed by atoms with van der Waals surface area (Å²) in [5.41, 5.74) is 2.33. The molecule has 0 saturated heterocycles. The zero-order valence-electron chi connectivity index (χ0n) is 16.3. The molecule has 6 heteroatoms. The monoisotopic (exact) mass is 436 g/mol. The van der Waals surface area contributed by atoms with Crippen LogP contribution < -0.4 is 36.3 Å². The highest BCUT2D eigenvalue weighted by Gasteiger charge is 2.08. The van der Waals surface area contributed by atoms with E-state index in [1.807, 2.05) is 61.1 Å². The number of hydrogen-bond acceptors (Lipinski definition) is 3. The number of ether oxygens (including phenoxy) is 2. The van der Waals surface area contributed by atoms with Gasteiger partial charge in [0.05, 0.1) is 19.6 Å². The molecule has 1 aromatic carbocycles. The highest BCUT2D eigenvalue weighted by Crippen LogP contribution is 2.28. The van der Waals surface area contributed by atoms with Crippen LogP contribution in [0.5, 0.6) is 11.5 Å². The zero-order chi connectivity index (χ0) is 18.8. The molecule has 0 unspecified atom stereocenters. The summed E-state index contributed by atoms with van der Waals surface area (Å²) in [6.45, 7) is 8.45. The van der Waals surface area contributed by atoms with E-state index in [-0.39, 0.29) is 22.9 Å². The van der Waals surface area contributed by atoms with Crippen LogP contribution in [0.4, 0.5) is 0 Å². The molecule has 2 aromatic rings. The Hall–Kier alpha value is -2.08. The molecule has 0 radical (unpaired) electrons. The fraction of sp³-hybridized carbons (Fsp3) is 0.429. The number of aryl methyl sites for hydroxylation is 2. The Morgan fingerprint density at radius 1 is 1.04 bits per heavy atom. The third-order valence-electron chi connectivity index (χ3n) is 4.00. The zero-order valence-corrected chi connectivity index (χ0v) is 17.9. The van der Waals surface area contributed by atoms with E-state index in [0.29, 0.717) is 32.7 Å². The van der Waals surface area contributed by atoms with Gasteiger partial charge in [-0.1, -0.05) is 6.07 Å². The fourth-order valence-corrected chi connectivity index (χ4v) is 2.60. The molecule has 0 fully saturated rings. The first-order valence-electron chi connectivity index (χ1n) is 9.23. The summed E-state index contributed by atoms with van der Waals surface area (Å²) in [4.78, 5) is 12.0. The minimum Gasteiger partial charge on any atom is -1.00 e. The predicted octanol–water partition coefficient (Wildman–Crippen LogP) is -0.167. The first kappa shape index (κ1) is 23.0. The number of nitrogens with zero attached hydrogens (tertiary/aromatic N) is 1. The quantitative estimate of drug-likeness (QED) is 0.526. The van der Waals surface area contributed by atoms with Crippen molar-refractivity contribution in [3.8, 4) is 11.5 Å². The maximum absolute atomic E-state index is 12.0. The lowest BCUT2D eigenvalue weighted by Crippen LogP contribution is -3.00. The van der Waals surface area contributed by atoms with Crippen LogP contribution in [-0.2, 0) is 17.8 Å². The minimum atomic E-state index is 0. The van der Waals surface area contributed by atoms with Gasteiger partial charge >= 0.3 is 0 Å². The molecule has 0 aliphatic rings. The molecule has 5 nitrogen and oxygen atoms in total. The summed E-state index contributed by atoms with van der Waals surface area (Å²) in [5.74, 6) is 1.58. The molecule has 1 heterocycles. The van der Waals surface area contributed by atoms with Crippen LogP contribution in [0.1, 0.15) is 31.4 Å². The molecule has 0 aliphatic heterocycles. The van der Waals surface area contributed by atoms with Gasteiger partial charge in [-0.2, -0.15) is 0 Å². The largest absolute Gasteiger partial charge is 1.00 e. The lowest BCUT2D eigenvalue weighted by molar-refractivity contribution is -0.695. The van der Waals surface area contributed by atoms with Crippen LogP contribution in [0.2, 0.25) is 0 Å². The number of benzene rings is 1. The molecule has 0 aliphatic carbocycles. The third kappa shape index (κ3) is 7.99. The van der Waals surface area contributed by atoms with Crippen LogP contribution in [0.15, 0.2) is 42.7 Å². The Labute approximate surface area is 172 Å². The first-order valence-corrected chi connectivity index (χ1v) is 9.23. The van der Waals surface area contributed by atoms with Gasteiger partial charge in [-0.15, -0.1) is 0 Å². The number of hydrogen-bond donors (Lipinski definition) is 1. The lowest BCUT2D eigenvalue weighted by Gasteiger charge is -2.12. The van der Waals surface area contributed by atoms with Gasteiger partial charge in [-0.05, 0) is 50.5 Å². The Morgan fingerprint density at radius 2 is 1.70 bits per heavy atom. The second-order valence-electron chi connectivity index (χ2n) is 6.11. The van der Waals surface area contributed by atoms with Crippen molar-refractivity contribution in [1.29, 1.82) is 0 Å². The Kier molecular flexibility index (Phi) is 10.5. The van der Waals surface area contributed by atoms with E-state index in [2.05, 4.69) is 12.2 Å². The number of rotatable bonds is 10. The van der Waals surface area contributed by atoms with Crippen LogP contribution in [0.3, 0.4) is 0 Å². The van der Waals surface area contributed by atoms with Crippen molar-refractivity contribution in [3.05, 3.63) is 53.9 Å². The maximum atomic E-state index is 12.0. The normalized spacial score (nSPS) is 10.0. The van der Waals surface area contributed by atoms with Crippen molar-refractivity contribution < 1.29 is 35.8 Å². The van der Waals surface area contributed by atoms with E-state index in [9.17, 15) is 4.79 Å². The second-order valence-corrected chi connectivity index (χ2v) is 6.11. The maximum Gasteiger partial charge on any atom is 0.226 e.